The zero-order valence-electron chi connectivity index (χ0n) is 18.9. The number of H-pyrrole nitrogens is 1. The second-order valence-corrected chi connectivity index (χ2v) is 10.4. The molecule has 2 amide bonds. The number of fused-ring (bicyclic) bond motifs is 3. The van der Waals surface area contributed by atoms with E-state index in [2.05, 4.69) is 9.88 Å². The number of nitrogens with one attached hydrogen (secondary N) is 1. The Morgan fingerprint density at radius 3 is 2.74 bits per heavy atom. The number of phenolic OH excluding ortho intramolecular Hbond substituents is 1. The van der Waals surface area contributed by atoms with E-state index in [1.807, 2.05) is 13.1 Å². The Morgan fingerprint density at radius 2 is 2.03 bits per heavy atom. The maximum atomic E-state index is 12.9. The van der Waals surface area contributed by atoms with Crippen LogP contribution in [-0.2, 0) is 23.1 Å². The van der Waals surface area contributed by atoms with Crippen LogP contribution >= 0.6 is 0 Å². The van der Waals surface area contributed by atoms with Crippen LogP contribution in [0.4, 0.5) is 0 Å². The molecule has 4 aliphatic rings. The first-order valence-corrected chi connectivity index (χ1v) is 11.4. The molecule has 6 atom stereocenters. The number of aromatic hydroxyl groups is 1. The molecule has 1 saturated heterocycles. The smallest absolute Gasteiger partial charge is 0.274 e. The van der Waals surface area contributed by atoms with Crippen molar-refractivity contribution < 1.29 is 19.8 Å². The second-order valence-electron chi connectivity index (χ2n) is 10.4. The highest BCUT2D eigenvalue weighted by Gasteiger charge is 2.75. The van der Waals surface area contributed by atoms with E-state index in [1.165, 1.54) is 13.0 Å². The molecule has 0 radical (unpaired) electrons. The number of amides is 2. The lowest BCUT2D eigenvalue weighted by Gasteiger charge is -2.54. The molecule has 6 rings (SSSR count). The van der Waals surface area contributed by atoms with E-state index in [1.54, 1.807) is 12.1 Å². The Kier molecular flexibility index (Phi) is 4.06. The number of nitrogens with zero attached hydrogens (tertiary/aromatic N) is 2. The molecule has 2 fully saturated rings. The van der Waals surface area contributed by atoms with Crippen molar-refractivity contribution in [1.82, 2.24) is 14.9 Å². The van der Waals surface area contributed by atoms with Gasteiger partial charge < -0.3 is 20.9 Å². The number of nitrogens with two attached hydrogens (primary N) is 2. The van der Waals surface area contributed by atoms with Crippen LogP contribution in [0.2, 0.25) is 0 Å². The number of carbonyl (C=O) groups excluding carboxylic acids is 2. The highest BCUT2D eigenvalue weighted by atomic mass is 16.3. The molecule has 2 heterocycles. The lowest BCUT2D eigenvalue weighted by molar-refractivity contribution is -0.127. The Balaban J connectivity index is 1.48. The van der Waals surface area contributed by atoms with Crippen molar-refractivity contribution >= 4 is 11.8 Å². The van der Waals surface area contributed by atoms with Crippen LogP contribution in [-0.4, -0.2) is 61.7 Å². The predicted molar refractivity (Wildman–Crippen MR) is 121 cm³/mol. The fourth-order valence-corrected chi connectivity index (χ4v) is 7.36. The second kappa shape index (κ2) is 6.47. The van der Waals surface area contributed by atoms with Crippen LogP contribution in [0, 0.1) is 5.92 Å². The van der Waals surface area contributed by atoms with E-state index in [9.17, 15) is 24.6 Å². The predicted octanol–water partition coefficient (Wildman–Crippen LogP) is -0.573. The van der Waals surface area contributed by atoms with Crippen molar-refractivity contribution in [3.05, 3.63) is 62.6 Å². The maximum Gasteiger partial charge on any atom is 0.274 e. The Morgan fingerprint density at radius 1 is 1.29 bits per heavy atom. The lowest BCUT2D eigenvalue weighted by atomic mass is 9.59. The SMILES string of the molecule is CC(C(N)=O)N(N)C(=O)c1cc2c([nH]c1=O)CC13CC4C(c5ccc(O)cc51)N(C)[C@H]4[C@]3(O)C2. The number of aromatic nitrogens is 1. The molecule has 2 aromatic rings. The van der Waals surface area contributed by atoms with Gasteiger partial charge in [0.25, 0.3) is 11.5 Å². The molecule has 4 bridgehead atoms. The fourth-order valence-electron chi connectivity index (χ4n) is 7.36. The molecular weight excluding hydrogens is 438 g/mol. The first-order chi connectivity index (χ1) is 16.0. The number of phenols is 1. The summed E-state index contributed by atoms with van der Waals surface area (Å²) in [6.45, 7) is 1.38. The minimum atomic E-state index is -1.14. The monoisotopic (exact) mass is 465 g/mol. The molecule has 4 unspecified atom stereocenters. The molecular formula is C24H27N5O5. The number of primary amides is 1. The van der Waals surface area contributed by atoms with Crippen LogP contribution < -0.4 is 17.1 Å². The van der Waals surface area contributed by atoms with Crippen molar-refractivity contribution in [3.63, 3.8) is 0 Å². The molecule has 1 aliphatic heterocycles. The van der Waals surface area contributed by atoms with Gasteiger partial charge in [-0.3, -0.25) is 24.3 Å². The van der Waals surface area contributed by atoms with Gasteiger partial charge in [0.2, 0.25) is 5.91 Å². The van der Waals surface area contributed by atoms with Crippen molar-refractivity contribution in [2.24, 2.45) is 17.5 Å². The Hall–Kier alpha value is -3.21. The van der Waals surface area contributed by atoms with E-state index >= 15 is 0 Å². The molecule has 10 nitrogen and oxygen atoms in total. The number of aliphatic hydroxyl groups is 1. The van der Waals surface area contributed by atoms with E-state index in [4.69, 9.17) is 11.6 Å². The fraction of sp³-hybridized carbons (Fsp3) is 0.458. The van der Waals surface area contributed by atoms with Gasteiger partial charge in [-0.25, -0.2) is 5.84 Å². The average Bonchev–Trinajstić information content (AvgIpc) is 2.93. The number of hydrazine groups is 1. The van der Waals surface area contributed by atoms with E-state index in [0.29, 0.717) is 22.7 Å². The third kappa shape index (κ3) is 2.33. The minimum absolute atomic E-state index is 0.0767. The van der Waals surface area contributed by atoms with Crippen LogP contribution in [0.1, 0.15) is 52.1 Å². The van der Waals surface area contributed by atoms with Gasteiger partial charge in [0.15, 0.2) is 0 Å². The molecule has 0 spiro atoms. The summed E-state index contributed by atoms with van der Waals surface area (Å²) in [5.74, 6) is 4.59. The first-order valence-electron chi connectivity index (χ1n) is 11.4. The number of aromatic amines is 1. The number of carbonyl (C=O) groups is 2. The molecule has 34 heavy (non-hydrogen) atoms. The summed E-state index contributed by atoms with van der Waals surface area (Å²) in [6.07, 6.45) is 1.38. The summed E-state index contributed by atoms with van der Waals surface area (Å²) in [6, 6.07) is 5.88. The highest BCUT2D eigenvalue weighted by Crippen LogP contribution is 2.70. The number of hydrogen-bond acceptors (Lipinski definition) is 7. The third-order valence-corrected chi connectivity index (χ3v) is 8.91. The number of hydrogen-bond donors (Lipinski definition) is 5. The first kappa shape index (κ1) is 21.3. The molecule has 1 saturated carbocycles. The number of likely N-dealkylation sites (N-methyl/N-ethyl adjacent to an activating group) is 1. The molecule has 1 aromatic carbocycles. The van der Waals surface area contributed by atoms with Crippen molar-refractivity contribution in [1.29, 1.82) is 0 Å². The summed E-state index contributed by atoms with van der Waals surface area (Å²) >= 11 is 0. The number of benzene rings is 1. The zero-order chi connectivity index (χ0) is 24.3. The number of likely N-dealkylation sites (tertiary alicyclic amines) is 1. The summed E-state index contributed by atoms with van der Waals surface area (Å²) in [7, 11) is 2.01. The van der Waals surface area contributed by atoms with Gasteiger partial charge in [-0.1, -0.05) is 6.07 Å². The van der Waals surface area contributed by atoms with Gasteiger partial charge in [0.05, 0.1) is 5.60 Å². The summed E-state index contributed by atoms with van der Waals surface area (Å²) < 4.78 is 0. The number of rotatable bonds is 3. The van der Waals surface area contributed by atoms with Gasteiger partial charge in [0, 0.05) is 36.0 Å². The van der Waals surface area contributed by atoms with Crippen LogP contribution in [0.5, 0.6) is 5.75 Å². The molecule has 3 aliphatic carbocycles. The van der Waals surface area contributed by atoms with Gasteiger partial charge >= 0.3 is 0 Å². The number of pyridine rings is 1. The van der Waals surface area contributed by atoms with E-state index in [-0.39, 0.29) is 35.7 Å². The molecule has 10 heteroatoms. The Bertz CT molecular complexity index is 1340. The van der Waals surface area contributed by atoms with E-state index < -0.39 is 34.4 Å². The average molecular weight is 466 g/mol. The summed E-state index contributed by atoms with van der Waals surface area (Å²) in [5.41, 5.74) is 6.02. The quantitative estimate of drug-likeness (QED) is 0.230. The van der Waals surface area contributed by atoms with Gasteiger partial charge in [-0.15, -0.1) is 0 Å². The zero-order valence-corrected chi connectivity index (χ0v) is 18.9. The van der Waals surface area contributed by atoms with Crippen molar-refractivity contribution in [2.45, 2.75) is 55.3 Å². The van der Waals surface area contributed by atoms with Crippen molar-refractivity contribution in [3.8, 4) is 5.75 Å². The largest absolute Gasteiger partial charge is 0.508 e. The van der Waals surface area contributed by atoms with Crippen LogP contribution in [0.3, 0.4) is 0 Å². The van der Waals surface area contributed by atoms with Gasteiger partial charge in [-0.2, -0.15) is 0 Å². The minimum Gasteiger partial charge on any atom is -0.508 e. The normalized spacial score (nSPS) is 33.2. The molecule has 1 aromatic heterocycles. The van der Waals surface area contributed by atoms with Crippen LogP contribution in [0.25, 0.3) is 0 Å². The third-order valence-electron chi connectivity index (χ3n) is 8.91. The topological polar surface area (TPSA) is 166 Å². The maximum absolute atomic E-state index is 12.9. The van der Waals surface area contributed by atoms with E-state index in [0.717, 1.165) is 17.5 Å². The standard InChI is InChI=1S/C24H27N5O5/c1-10(20(25)31)29(26)22(33)14-5-11-7-24(34)19-15-8-23(24,9-17(11)27-21(14)32)16-6-12(30)3-4-13(16)18(15)28(19)2/h3-6,10,15,18-19,30,34H,7-9,26H2,1-2H3,(H2,25,31)(H,27,32)/t10?,15?,18?,19-,23?,24-/m1/s1. The summed E-state index contributed by atoms with van der Waals surface area (Å²) in [5, 5.41) is 23.2. The molecule has 7 N–H and O–H groups in total. The highest BCUT2D eigenvalue weighted by molar-refractivity contribution is 5.96. The Labute approximate surface area is 195 Å². The summed E-state index contributed by atoms with van der Waals surface area (Å²) in [4.78, 5) is 42.3. The van der Waals surface area contributed by atoms with Gasteiger partial charge in [-0.05, 0) is 61.2 Å². The van der Waals surface area contributed by atoms with Gasteiger partial charge in [0.1, 0.15) is 17.4 Å². The van der Waals surface area contributed by atoms with Crippen LogP contribution in [0.15, 0.2) is 29.1 Å². The van der Waals surface area contributed by atoms with Crippen molar-refractivity contribution in [2.75, 3.05) is 7.05 Å². The lowest BCUT2D eigenvalue weighted by Crippen LogP contribution is -2.65. The molecule has 178 valence electrons.